The maximum Gasteiger partial charge on any atom is 0.319 e. The fraction of sp³-hybridized carbons (Fsp3) is 0.300. The van der Waals surface area contributed by atoms with Crippen molar-refractivity contribution in [3.8, 4) is 0 Å². The Morgan fingerprint density at radius 1 is 0.962 bits per heavy atom. The molecule has 0 unspecified atom stereocenters. The number of anilines is 2. The molecule has 1 fully saturated rings. The van der Waals surface area contributed by atoms with Gasteiger partial charge in [0.25, 0.3) is 0 Å². The van der Waals surface area contributed by atoms with E-state index in [1.165, 1.54) is 11.3 Å². The van der Waals surface area contributed by atoms with E-state index >= 15 is 0 Å². The molecule has 0 spiro atoms. The largest absolute Gasteiger partial charge is 0.368 e. The van der Waals surface area contributed by atoms with Gasteiger partial charge in [0.15, 0.2) is 0 Å². The summed E-state index contributed by atoms with van der Waals surface area (Å²) in [6.45, 7) is 5.00. The van der Waals surface area contributed by atoms with Gasteiger partial charge in [0.05, 0.1) is 6.54 Å². The SMILES string of the molecule is Cc1cccc(N2CCN(C(=O)CNC(=O)Nc3ccccc3)CC2)c1. The third-order valence-corrected chi connectivity index (χ3v) is 4.43. The molecular formula is C20H24N4O2. The molecule has 0 bridgehead atoms. The first-order valence-electron chi connectivity index (χ1n) is 8.81. The molecular weight excluding hydrogens is 328 g/mol. The number of hydrogen-bond acceptors (Lipinski definition) is 3. The molecule has 1 aliphatic rings. The van der Waals surface area contributed by atoms with Gasteiger partial charge in [-0.2, -0.15) is 0 Å². The third kappa shape index (κ3) is 4.75. The standard InChI is InChI=1S/C20H24N4O2/c1-16-6-5-9-18(14-16)23-10-12-24(13-11-23)19(25)15-21-20(26)22-17-7-3-2-4-8-17/h2-9,14H,10-13,15H2,1H3,(H2,21,22,26). The predicted octanol–water partition coefficient (Wildman–Crippen LogP) is 2.47. The summed E-state index contributed by atoms with van der Waals surface area (Å²) in [6.07, 6.45) is 0. The number of para-hydroxylation sites is 1. The van der Waals surface area contributed by atoms with Crippen LogP contribution in [0.15, 0.2) is 54.6 Å². The van der Waals surface area contributed by atoms with Crippen LogP contribution in [0.2, 0.25) is 0 Å². The molecule has 0 aromatic heterocycles. The number of nitrogens with one attached hydrogen (secondary N) is 2. The van der Waals surface area contributed by atoms with Crippen LogP contribution >= 0.6 is 0 Å². The lowest BCUT2D eigenvalue weighted by molar-refractivity contribution is -0.130. The van der Waals surface area contributed by atoms with E-state index in [1.807, 2.05) is 18.2 Å². The molecule has 1 heterocycles. The van der Waals surface area contributed by atoms with Gasteiger partial charge in [0.2, 0.25) is 5.91 Å². The third-order valence-electron chi connectivity index (χ3n) is 4.43. The van der Waals surface area contributed by atoms with Gasteiger partial charge in [-0.25, -0.2) is 4.79 Å². The van der Waals surface area contributed by atoms with Crippen LogP contribution in [0.3, 0.4) is 0 Å². The molecule has 1 saturated heterocycles. The summed E-state index contributed by atoms with van der Waals surface area (Å²) in [5, 5.41) is 5.33. The predicted molar refractivity (Wildman–Crippen MR) is 103 cm³/mol. The molecule has 2 aromatic carbocycles. The van der Waals surface area contributed by atoms with Gasteiger partial charge in [0.1, 0.15) is 0 Å². The van der Waals surface area contributed by atoms with E-state index in [-0.39, 0.29) is 18.5 Å². The average Bonchev–Trinajstić information content (AvgIpc) is 2.67. The fourth-order valence-electron chi connectivity index (χ4n) is 3.00. The molecule has 0 saturated carbocycles. The number of rotatable bonds is 4. The summed E-state index contributed by atoms with van der Waals surface area (Å²) in [6, 6.07) is 17.2. The van der Waals surface area contributed by atoms with E-state index in [9.17, 15) is 9.59 Å². The van der Waals surface area contributed by atoms with Crippen LogP contribution < -0.4 is 15.5 Å². The molecule has 2 N–H and O–H groups in total. The molecule has 6 nitrogen and oxygen atoms in total. The Hall–Kier alpha value is -3.02. The van der Waals surface area contributed by atoms with Crippen LogP contribution in [0.4, 0.5) is 16.2 Å². The van der Waals surface area contributed by atoms with Crippen LogP contribution in [0.1, 0.15) is 5.56 Å². The van der Waals surface area contributed by atoms with Gasteiger partial charge >= 0.3 is 6.03 Å². The molecule has 2 aromatic rings. The van der Waals surface area contributed by atoms with E-state index < -0.39 is 0 Å². The second kappa shape index (κ2) is 8.38. The second-order valence-electron chi connectivity index (χ2n) is 6.38. The highest BCUT2D eigenvalue weighted by atomic mass is 16.2. The zero-order chi connectivity index (χ0) is 18.4. The highest BCUT2D eigenvalue weighted by Gasteiger charge is 2.21. The van der Waals surface area contributed by atoms with Crippen molar-refractivity contribution in [2.75, 3.05) is 42.9 Å². The van der Waals surface area contributed by atoms with Gasteiger partial charge in [0, 0.05) is 37.6 Å². The lowest BCUT2D eigenvalue weighted by Gasteiger charge is -2.36. The number of benzene rings is 2. The molecule has 136 valence electrons. The second-order valence-corrected chi connectivity index (χ2v) is 6.38. The molecule has 0 aliphatic carbocycles. The number of carbonyl (C=O) groups excluding carboxylic acids is 2. The average molecular weight is 352 g/mol. The normalized spacial score (nSPS) is 14.0. The number of nitrogens with zero attached hydrogens (tertiary/aromatic N) is 2. The highest BCUT2D eigenvalue weighted by Crippen LogP contribution is 2.17. The molecule has 3 rings (SSSR count). The van der Waals surface area contributed by atoms with Crippen LogP contribution in [-0.2, 0) is 4.79 Å². The van der Waals surface area contributed by atoms with E-state index in [2.05, 4.69) is 46.7 Å². The monoisotopic (exact) mass is 352 g/mol. The van der Waals surface area contributed by atoms with Crippen LogP contribution in [0, 0.1) is 6.92 Å². The smallest absolute Gasteiger partial charge is 0.319 e. The van der Waals surface area contributed by atoms with Gasteiger partial charge in [-0.05, 0) is 36.8 Å². The van der Waals surface area contributed by atoms with Gasteiger partial charge < -0.3 is 20.4 Å². The molecule has 0 radical (unpaired) electrons. The first-order valence-corrected chi connectivity index (χ1v) is 8.81. The summed E-state index contributed by atoms with van der Waals surface area (Å²) in [7, 11) is 0. The molecule has 0 atom stereocenters. The zero-order valence-electron chi connectivity index (χ0n) is 14.9. The topological polar surface area (TPSA) is 64.7 Å². The number of piperazine rings is 1. The Balaban J connectivity index is 1.43. The lowest BCUT2D eigenvalue weighted by Crippen LogP contribution is -2.51. The molecule has 26 heavy (non-hydrogen) atoms. The fourth-order valence-corrected chi connectivity index (χ4v) is 3.00. The summed E-state index contributed by atoms with van der Waals surface area (Å²) in [4.78, 5) is 28.3. The maximum absolute atomic E-state index is 12.3. The molecule has 1 aliphatic heterocycles. The van der Waals surface area contributed by atoms with Crippen LogP contribution in [0.25, 0.3) is 0 Å². The van der Waals surface area contributed by atoms with Crippen molar-refractivity contribution in [1.82, 2.24) is 10.2 Å². The Bertz CT molecular complexity index is 755. The van der Waals surface area contributed by atoms with Crippen LogP contribution in [0.5, 0.6) is 0 Å². The van der Waals surface area contributed by atoms with Crippen molar-refractivity contribution in [1.29, 1.82) is 0 Å². The van der Waals surface area contributed by atoms with Crippen molar-refractivity contribution in [2.45, 2.75) is 6.92 Å². The lowest BCUT2D eigenvalue weighted by atomic mass is 10.2. The van der Waals surface area contributed by atoms with Crippen molar-refractivity contribution < 1.29 is 9.59 Å². The van der Waals surface area contributed by atoms with E-state index in [4.69, 9.17) is 0 Å². The first-order chi connectivity index (χ1) is 12.6. The van der Waals surface area contributed by atoms with Gasteiger partial charge in [-0.1, -0.05) is 30.3 Å². The van der Waals surface area contributed by atoms with Crippen molar-refractivity contribution in [3.63, 3.8) is 0 Å². The quantitative estimate of drug-likeness (QED) is 0.888. The van der Waals surface area contributed by atoms with E-state index in [0.29, 0.717) is 18.8 Å². The first kappa shape index (κ1) is 17.8. The van der Waals surface area contributed by atoms with Crippen LogP contribution in [-0.4, -0.2) is 49.6 Å². The highest BCUT2D eigenvalue weighted by molar-refractivity contribution is 5.92. The number of amides is 3. The Morgan fingerprint density at radius 2 is 1.69 bits per heavy atom. The molecule has 6 heteroatoms. The Kier molecular flexibility index (Phi) is 5.73. The van der Waals surface area contributed by atoms with Gasteiger partial charge in [-0.15, -0.1) is 0 Å². The van der Waals surface area contributed by atoms with E-state index in [1.54, 1.807) is 17.0 Å². The van der Waals surface area contributed by atoms with Crippen molar-refractivity contribution in [3.05, 3.63) is 60.2 Å². The minimum Gasteiger partial charge on any atom is -0.368 e. The van der Waals surface area contributed by atoms with Crippen molar-refractivity contribution in [2.24, 2.45) is 0 Å². The Morgan fingerprint density at radius 3 is 2.38 bits per heavy atom. The van der Waals surface area contributed by atoms with E-state index in [0.717, 1.165) is 13.1 Å². The summed E-state index contributed by atoms with van der Waals surface area (Å²) in [5.41, 5.74) is 3.12. The summed E-state index contributed by atoms with van der Waals surface area (Å²) < 4.78 is 0. The minimum atomic E-state index is -0.372. The van der Waals surface area contributed by atoms with Gasteiger partial charge in [-0.3, -0.25) is 4.79 Å². The number of hydrogen-bond donors (Lipinski definition) is 2. The number of urea groups is 1. The number of carbonyl (C=O) groups is 2. The number of aryl methyl sites for hydroxylation is 1. The summed E-state index contributed by atoms with van der Waals surface area (Å²) >= 11 is 0. The summed E-state index contributed by atoms with van der Waals surface area (Å²) in [5.74, 6) is -0.0582. The maximum atomic E-state index is 12.3. The minimum absolute atomic E-state index is 0.00309. The van der Waals surface area contributed by atoms with Crippen molar-refractivity contribution >= 4 is 23.3 Å². The Labute approximate surface area is 153 Å². The zero-order valence-corrected chi connectivity index (χ0v) is 14.9. The molecule has 3 amide bonds.